The fraction of sp³-hybridized carbons (Fsp3) is 0.231. The molecule has 0 atom stereocenters. The molecule has 0 fully saturated rings. The third-order valence-corrected chi connectivity index (χ3v) is 2.67. The van der Waals surface area contributed by atoms with Gasteiger partial charge in [0.15, 0.2) is 0 Å². The average Bonchev–Trinajstić information content (AvgIpc) is 2.37. The number of aryl methyl sites for hydroxylation is 1. The van der Waals surface area contributed by atoms with Gasteiger partial charge in [0.2, 0.25) is 0 Å². The van der Waals surface area contributed by atoms with Crippen molar-refractivity contribution in [1.29, 1.82) is 0 Å². The van der Waals surface area contributed by atoms with Crippen LogP contribution in [0.25, 0.3) is 11.1 Å². The van der Waals surface area contributed by atoms with Crippen LogP contribution in [0.2, 0.25) is 0 Å². The lowest BCUT2D eigenvalue weighted by atomic mass is 10.1. The Morgan fingerprint density at radius 3 is 2.62 bits per heavy atom. The molecular weight excluding hydrogens is 156 g/mol. The molecule has 0 N–H and O–H groups in total. The van der Waals surface area contributed by atoms with Gasteiger partial charge in [-0.1, -0.05) is 43.3 Å². The third-order valence-electron chi connectivity index (χ3n) is 2.67. The van der Waals surface area contributed by atoms with Crippen molar-refractivity contribution in [3.8, 4) is 11.1 Å². The van der Waals surface area contributed by atoms with E-state index in [1.54, 1.807) is 0 Å². The van der Waals surface area contributed by atoms with Crippen molar-refractivity contribution in [2.45, 2.75) is 20.3 Å². The van der Waals surface area contributed by atoms with E-state index in [1.165, 1.54) is 22.3 Å². The second-order valence-corrected chi connectivity index (χ2v) is 3.43. The minimum atomic E-state index is 1.13. The van der Waals surface area contributed by atoms with Crippen LogP contribution < -0.4 is 0 Å². The maximum atomic E-state index is 2.30. The molecule has 13 heavy (non-hydrogen) atoms. The quantitative estimate of drug-likeness (QED) is 0.612. The highest BCUT2D eigenvalue weighted by molar-refractivity contribution is 5.72. The van der Waals surface area contributed by atoms with Crippen molar-refractivity contribution in [3.63, 3.8) is 0 Å². The fourth-order valence-corrected chi connectivity index (χ4v) is 1.86. The van der Waals surface area contributed by atoms with Crippen LogP contribution in [-0.2, 0) is 6.42 Å². The molecule has 0 heteroatoms. The number of hydrogen-bond acceptors (Lipinski definition) is 0. The molecule has 0 radical (unpaired) electrons. The van der Waals surface area contributed by atoms with E-state index < -0.39 is 0 Å². The van der Waals surface area contributed by atoms with Crippen molar-refractivity contribution >= 4 is 0 Å². The van der Waals surface area contributed by atoms with Gasteiger partial charge < -0.3 is 0 Å². The van der Waals surface area contributed by atoms with E-state index in [1.807, 2.05) is 0 Å². The summed E-state index contributed by atoms with van der Waals surface area (Å²) in [6.07, 6.45) is 1.13. The number of fused-ring (bicyclic) bond motifs is 1. The van der Waals surface area contributed by atoms with E-state index in [-0.39, 0.29) is 0 Å². The molecule has 66 valence electrons. The lowest BCUT2D eigenvalue weighted by Gasteiger charge is -1.94. The molecule has 0 aromatic carbocycles. The summed E-state index contributed by atoms with van der Waals surface area (Å²) < 4.78 is 0. The highest BCUT2D eigenvalue weighted by Crippen LogP contribution is 2.30. The van der Waals surface area contributed by atoms with Crippen molar-refractivity contribution in [2.24, 2.45) is 0 Å². The molecule has 2 rings (SSSR count). The Labute approximate surface area is 79.6 Å². The van der Waals surface area contributed by atoms with Crippen molar-refractivity contribution in [2.75, 3.05) is 0 Å². The van der Waals surface area contributed by atoms with Gasteiger partial charge in [0, 0.05) is 0 Å². The SMILES string of the molecule is CCc1cc2cccccc-2c1C. The summed E-state index contributed by atoms with van der Waals surface area (Å²) in [7, 11) is 0. The predicted molar refractivity (Wildman–Crippen MR) is 57.2 cm³/mol. The molecule has 0 aliphatic heterocycles. The maximum Gasteiger partial charge on any atom is -0.0152 e. The second kappa shape index (κ2) is 3.21. The Morgan fingerprint density at radius 2 is 1.85 bits per heavy atom. The molecular formula is C13H14. The Bertz CT molecular complexity index is 388. The van der Waals surface area contributed by atoms with Gasteiger partial charge in [-0.25, -0.2) is 0 Å². The van der Waals surface area contributed by atoms with E-state index in [4.69, 9.17) is 0 Å². The van der Waals surface area contributed by atoms with Crippen LogP contribution >= 0.6 is 0 Å². The first-order valence-corrected chi connectivity index (χ1v) is 4.80. The second-order valence-electron chi connectivity index (χ2n) is 3.43. The highest BCUT2D eigenvalue weighted by Gasteiger charge is 2.08. The van der Waals surface area contributed by atoms with Crippen molar-refractivity contribution in [1.82, 2.24) is 0 Å². The minimum absolute atomic E-state index is 1.13. The van der Waals surface area contributed by atoms with Crippen LogP contribution in [0, 0.1) is 6.92 Å². The van der Waals surface area contributed by atoms with Crippen molar-refractivity contribution < 1.29 is 0 Å². The molecule has 0 heterocycles. The number of rotatable bonds is 1. The van der Waals surface area contributed by atoms with E-state index in [9.17, 15) is 0 Å². The molecule has 0 unspecified atom stereocenters. The summed E-state index contributed by atoms with van der Waals surface area (Å²) in [5.74, 6) is 0. The largest absolute Gasteiger partial charge is 0.0622 e. The van der Waals surface area contributed by atoms with Gasteiger partial charge in [0.05, 0.1) is 0 Å². The summed E-state index contributed by atoms with van der Waals surface area (Å²) in [5, 5.41) is 0. The van der Waals surface area contributed by atoms with Gasteiger partial charge in [-0.2, -0.15) is 0 Å². The van der Waals surface area contributed by atoms with E-state index in [0.717, 1.165) is 6.42 Å². The van der Waals surface area contributed by atoms with Crippen LogP contribution in [0.1, 0.15) is 18.1 Å². The average molecular weight is 170 g/mol. The molecule has 0 saturated carbocycles. The van der Waals surface area contributed by atoms with Gasteiger partial charge in [-0.15, -0.1) is 0 Å². The molecule has 0 aromatic rings. The zero-order valence-corrected chi connectivity index (χ0v) is 8.17. The third kappa shape index (κ3) is 1.33. The molecule has 0 aromatic heterocycles. The molecule has 0 nitrogen and oxygen atoms in total. The standard InChI is InChI=1S/C13H14/c1-3-11-9-12-7-5-4-6-8-13(12)10(11)2/h4-9H,3H2,1-2H3. The minimum Gasteiger partial charge on any atom is -0.0622 e. The van der Waals surface area contributed by atoms with Crippen LogP contribution in [0.5, 0.6) is 0 Å². The maximum absolute atomic E-state index is 2.30. The lowest BCUT2D eigenvalue weighted by molar-refractivity contribution is 1.13. The normalized spacial score (nSPS) is 10.6. The Balaban J connectivity index is 2.70. The van der Waals surface area contributed by atoms with Gasteiger partial charge in [0.25, 0.3) is 0 Å². The summed E-state index contributed by atoms with van der Waals surface area (Å²) in [4.78, 5) is 0. The molecule has 0 amide bonds. The summed E-state index contributed by atoms with van der Waals surface area (Å²) in [6, 6.07) is 13.0. The monoisotopic (exact) mass is 170 g/mol. The van der Waals surface area contributed by atoms with Gasteiger partial charge in [0.1, 0.15) is 0 Å². The molecule has 0 bridgehead atoms. The Hall–Kier alpha value is -1.30. The zero-order chi connectivity index (χ0) is 9.26. The first kappa shape index (κ1) is 8.31. The van der Waals surface area contributed by atoms with Crippen LogP contribution in [0.3, 0.4) is 0 Å². The molecule has 2 aliphatic rings. The van der Waals surface area contributed by atoms with Crippen molar-refractivity contribution in [3.05, 3.63) is 47.5 Å². The van der Waals surface area contributed by atoms with Crippen LogP contribution in [0.4, 0.5) is 0 Å². The predicted octanol–water partition coefficient (Wildman–Crippen LogP) is 3.66. The van der Waals surface area contributed by atoms with E-state index in [0.29, 0.717) is 0 Å². The van der Waals surface area contributed by atoms with E-state index in [2.05, 4.69) is 50.2 Å². The van der Waals surface area contributed by atoms with Crippen LogP contribution in [-0.4, -0.2) is 0 Å². The zero-order valence-electron chi connectivity index (χ0n) is 8.17. The summed E-state index contributed by atoms with van der Waals surface area (Å²) in [5.41, 5.74) is 5.66. The Morgan fingerprint density at radius 1 is 1.08 bits per heavy atom. The molecule has 2 aliphatic carbocycles. The van der Waals surface area contributed by atoms with E-state index >= 15 is 0 Å². The fourth-order valence-electron chi connectivity index (χ4n) is 1.86. The summed E-state index contributed by atoms with van der Waals surface area (Å²) >= 11 is 0. The number of hydrogen-bond donors (Lipinski definition) is 0. The van der Waals surface area contributed by atoms with Gasteiger partial charge >= 0.3 is 0 Å². The van der Waals surface area contributed by atoms with Gasteiger partial charge in [-0.05, 0) is 35.6 Å². The topological polar surface area (TPSA) is 0 Å². The molecule has 0 spiro atoms. The first-order chi connectivity index (χ1) is 6.33. The Kier molecular flexibility index (Phi) is 2.05. The molecule has 0 saturated heterocycles. The highest BCUT2D eigenvalue weighted by atomic mass is 14.1. The smallest absolute Gasteiger partial charge is 0.0152 e. The van der Waals surface area contributed by atoms with Gasteiger partial charge in [-0.3, -0.25) is 0 Å². The first-order valence-electron chi connectivity index (χ1n) is 4.80. The van der Waals surface area contributed by atoms with Crippen LogP contribution in [0.15, 0.2) is 36.4 Å². The lowest BCUT2D eigenvalue weighted by Crippen LogP contribution is -1.77. The summed E-state index contributed by atoms with van der Waals surface area (Å²) in [6.45, 7) is 4.42.